The molecule has 0 spiro atoms. The van der Waals surface area contributed by atoms with Crippen LogP contribution in [0.4, 0.5) is 0 Å². The molecule has 44 heavy (non-hydrogen) atoms. The third kappa shape index (κ3) is 8.69. The molecule has 6 rings (SSSR count). The molecule has 4 aromatic carbocycles. The number of aryl methyl sites for hydroxylation is 2. The smallest absolute Gasteiger partial charge is 0.109 e. The van der Waals surface area contributed by atoms with E-state index in [4.69, 9.17) is 23.2 Å². The molecule has 2 aliphatic carbocycles. The van der Waals surface area contributed by atoms with E-state index in [0.717, 1.165) is 22.9 Å². The van der Waals surface area contributed by atoms with Crippen molar-refractivity contribution < 1.29 is 24.2 Å². The van der Waals surface area contributed by atoms with Crippen LogP contribution < -0.4 is 0 Å². The summed E-state index contributed by atoms with van der Waals surface area (Å²) in [5.74, 6) is 0. The first-order chi connectivity index (χ1) is 20.6. The molecule has 0 nitrogen and oxygen atoms in total. The van der Waals surface area contributed by atoms with Crippen molar-refractivity contribution in [2.75, 3.05) is 0 Å². The molecule has 0 unspecified atom stereocenters. The maximum atomic E-state index is 5.86. The van der Waals surface area contributed by atoms with Crippen LogP contribution in [0.3, 0.4) is 0 Å². The van der Waals surface area contributed by atoms with E-state index in [1.165, 1.54) is 83.1 Å². The van der Waals surface area contributed by atoms with Gasteiger partial charge in [0.05, 0.1) is 0 Å². The second-order valence-corrected chi connectivity index (χ2v) is 15.7. The summed E-state index contributed by atoms with van der Waals surface area (Å²) in [6, 6.07) is 26.8. The van der Waals surface area contributed by atoms with Crippen LogP contribution in [0.25, 0.3) is 11.1 Å². The monoisotopic (exact) mass is 694 g/mol. The largest absolute Gasteiger partial charge is 0.273 e. The maximum Gasteiger partial charge on any atom is -0.109 e. The molecule has 0 fully saturated rings. The minimum Gasteiger partial charge on any atom is -0.273 e. The molecule has 2 aliphatic rings. The van der Waals surface area contributed by atoms with Crippen molar-refractivity contribution in [2.24, 2.45) is 0 Å². The Morgan fingerprint density at radius 1 is 0.727 bits per heavy atom. The van der Waals surface area contributed by atoms with Crippen molar-refractivity contribution in [3.05, 3.63) is 152 Å². The fraction of sp³-hybridized carbons (Fsp3) is 0.293. The van der Waals surface area contributed by atoms with E-state index >= 15 is 0 Å². The zero-order valence-corrected chi connectivity index (χ0v) is 31.2. The van der Waals surface area contributed by atoms with Crippen LogP contribution in [-0.4, -0.2) is 3.21 Å². The van der Waals surface area contributed by atoms with Crippen LogP contribution in [0.2, 0.25) is 10.0 Å². The molecule has 4 aromatic rings. The van der Waals surface area contributed by atoms with Crippen molar-refractivity contribution in [2.45, 2.75) is 79.1 Å². The quantitative estimate of drug-likeness (QED) is 0.161. The van der Waals surface area contributed by atoms with Gasteiger partial charge in [0.1, 0.15) is 0 Å². The minimum absolute atomic E-state index is 0.163. The molecule has 0 atom stereocenters. The summed E-state index contributed by atoms with van der Waals surface area (Å²) < 4.78 is 1.31. The van der Waals surface area contributed by atoms with Gasteiger partial charge < -0.3 is 0 Å². The molecular formula is C41H42Cl2Zr. The molecule has 224 valence electrons. The fourth-order valence-electron chi connectivity index (χ4n) is 5.76. The SMILES string of the molecule is Cc1[c-]c2c(cc1C(C)(C)C)-c1cc(C(C)(C)C)c(C)cc1C2.Clc1ccc([C](=[Zr+2])c2ccc(Cl)cc2)cc1.[C-]1=CC=CC1. The summed E-state index contributed by atoms with van der Waals surface area (Å²) in [7, 11) is 0. The van der Waals surface area contributed by atoms with Gasteiger partial charge >= 0.3 is 120 Å². The van der Waals surface area contributed by atoms with Crippen molar-refractivity contribution in [3.8, 4) is 11.1 Å². The van der Waals surface area contributed by atoms with Crippen molar-refractivity contribution in [1.82, 2.24) is 0 Å². The van der Waals surface area contributed by atoms with Gasteiger partial charge in [-0.15, -0.1) is 23.1 Å². The van der Waals surface area contributed by atoms with E-state index < -0.39 is 0 Å². The molecular weight excluding hydrogens is 655 g/mol. The molecule has 0 heterocycles. The number of rotatable bonds is 2. The minimum atomic E-state index is 0.163. The second-order valence-electron chi connectivity index (χ2n) is 13.6. The van der Waals surface area contributed by atoms with Gasteiger partial charge in [0.2, 0.25) is 0 Å². The van der Waals surface area contributed by atoms with Crippen LogP contribution in [0.1, 0.15) is 92.5 Å². The second kappa shape index (κ2) is 14.4. The topological polar surface area (TPSA) is 0 Å². The Labute approximate surface area is 290 Å². The third-order valence-corrected chi connectivity index (χ3v) is 9.85. The first-order valence-electron chi connectivity index (χ1n) is 15.2. The maximum absolute atomic E-state index is 5.86. The first kappa shape index (κ1) is 34.6. The van der Waals surface area contributed by atoms with E-state index in [2.05, 4.69) is 91.8 Å². The Morgan fingerprint density at radius 2 is 1.25 bits per heavy atom. The summed E-state index contributed by atoms with van der Waals surface area (Å²) in [5.41, 5.74) is 14.0. The van der Waals surface area contributed by atoms with Crippen LogP contribution in [0.15, 0.2) is 85.0 Å². The summed E-state index contributed by atoms with van der Waals surface area (Å²) in [6.07, 6.45) is 11.0. The van der Waals surface area contributed by atoms with E-state index in [1.807, 2.05) is 60.7 Å². The third-order valence-electron chi connectivity index (χ3n) is 7.93. The summed E-state index contributed by atoms with van der Waals surface area (Å²) in [6.45, 7) is 18.2. The predicted molar refractivity (Wildman–Crippen MR) is 188 cm³/mol. The first-order valence-corrected chi connectivity index (χ1v) is 17.2. The Bertz CT molecular complexity index is 1570. The Morgan fingerprint density at radius 3 is 1.68 bits per heavy atom. The van der Waals surface area contributed by atoms with Crippen molar-refractivity contribution in [3.63, 3.8) is 0 Å². The number of halogens is 2. The van der Waals surface area contributed by atoms with Gasteiger partial charge in [-0.2, -0.15) is 23.8 Å². The van der Waals surface area contributed by atoms with Gasteiger partial charge in [-0.3, -0.25) is 6.08 Å². The van der Waals surface area contributed by atoms with Gasteiger partial charge in [-0.25, -0.2) is 12.2 Å². The Hall–Kier alpha value is -2.31. The summed E-state index contributed by atoms with van der Waals surface area (Å²) in [4.78, 5) is 0. The predicted octanol–water partition coefficient (Wildman–Crippen LogP) is 11.7. The van der Waals surface area contributed by atoms with Crippen molar-refractivity contribution in [1.29, 1.82) is 0 Å². The van der Waals surface area contributed by atoms with Gasteiger partial charge in [0.15, 0.2) is 0 Å². The number of hydrogen-bond donors (Lipinski definition) is 0. The Balaban J connectivity index is 0.000000181. The van der Waals surface area contributed by atoms with E-state index in [1.54, 1.807) is 0 Å². The van der Waals surface area contributed by atoms with Gasteiger partial charge in [-0.05, 0) is 35.4 Å². The fourth-order valence-corrected chi connectivity index (χ4v) is 6.83. The molecule has 0 saturated carbocycles. The van der Waals surface area contributed by atoms with E-state index in [9.17, 15) is 0 Å². The average molecular weight is 697 g/mol. The molecule has 0 bridgehead atoms. The molecule has 0 aliphatic heterocycles. The number of fused-ring (bicyclic) bond motifs is 3. The molecule has 3 heteroatoms. The van der Waals surface area contributed by atoms with Crippen LogP contribution in [-0.2, 0) is 41.5 Å². The number of benzene rings is 4. The normalized spacial score (nSPS) is 13.0. The summed E-state index contributed by atoms with van der Waals surface area (Å²) in [5, 5.41) is 1.53. The van der Waals surface area contributed by atoms with Gasteiger partial charge in [0, 0.05) is 0 Å². The van der Waals surface area contributed by atoms with Gasteiger partial charge in [0.25, 0.3) is 0 Å². The zero-order chi connectivity index (χ0) is 32.2. The summed E-state index contributed by atoms with van der Waals surface area (Å²) >= 11 is 13.1. The molecule has 0 N–H and O–H groups in total. The van der Waals surface area contributed by atoms with Crippen LogP contribution in [0, 0.1) is 26.0 Å². The zero-order valence-electron chi connectivity index (χ0n) is 27.3. The molecule has 0 aromatic heterocycles. The Kier molecular flexibility index (Phi) is 11.3. The van der Waals surface area contributed by atoms with E-state index in [0.29, 0.717) is 0 Å². The standard InChI is InChI=1S/C23H29.C13H8Cl2.C5H5.Zr/c1-14-9-16-11-17-10-15(2)21(23(6,7)8)13-19(17)18(16)12-20(14)22(3,4)5;14-12-5-1-10(2-6-12)9-11-3-7-13(15)8-4-11;1-2-4-5-3-1;/h9,12-13H,11H2,1-8H3;1-8H;1-3H,4H2;/q-1;;-1;+2. The average Bonchev–Trinajstić information content (AvgIpc) is 3.63. The molecule has 0 saturated heterocycles. The van der Waals surface area contributed by atoms with Crippen LogP contribution in [0.5, 0.6) is 0 Å². The number of hydrogen-bond acceptors (Lipinski definition) is 0. The van der Waals surface area contributed by atoms with E-state index in [-0.39, 0.29) is 10.8 Å². The van der Waals surface area contributed by atoms with Crippen molar-refractivity contribution >= 4 is 26.4 Å². The molecule has 0 amide bonds. The van der Waals surface area contributed by atoms with Gasteiger partial charge in [-0.1, -0.05) is 71.6 Å². The van der Waals surface area contributed by atoms with Crippen LogP contribution >= 0.6 is 23.2 Å². The molecule has 0 radical (unpaired) electrons. The number of allylic oxidation sites excluding steroid dienone is 4.